The van der Waals surface area contributed by atoms with E-state index in [1.54, 1.807) is 35.5 Å². The van der Waals surface area contributed by atoms with Crippen LogP contribution in [0.4, 0.5) is 4.39 Å². The smallest absolute Gasteiger partial charge is 0.262 e. The van der Waals surface area contributed by atoms with Gasteiger partial charge in [0.25, 0.3) is 5.56 Å². The lowest BCUT2D eigenvalue weighted by atomic mass is 10.2. The lowest BCUT2D eigenvalue weighted by molar-refractivity contribution is 0.490. The van der Waals surface area contributed by atoms with Gasteiger partial charge in [0.15, 0.2) is 5.82 Å². The van der Waals surface area contributed by atoms with Crippen molar-refractivity contribution in [3.05, 3.63) is 71.1 Å². The standard InChI is InChI=1S/C17H13FN4O2/c1-21-10-19-8-15(21)16-20-14-7-11(18)4-5-13(14)17(23)22(16)9-12-3-2-6-24-12/h2-8,10H,9H2,1H3. The summed E-state index contributed by atoms with van der Waals surface area (Å²) in [6, 6.07) is 7.51. The zero-order valence-corrected chi connectivity index (χ0v) is 12.8. The highest BCUT2D eigenvalue weighted by Gasteiger charge is 2.16. The van der Waals surface area contributed by atoms with E-state index in [1.807, 2.05) is 7.05 Å². The number of aromatic nitrogens is 4. The van der Waals surface area contributed by atoms with Crippen LogP contribution < -0.4 is 5.56 Å². The predicted octanol–water partition coefficient (Wildman–Crippen LogP) is 2.58. The van der Waals surface area contributed by atoms with E-state index in [4.69, 9.17) is 4.42 Å². The fourth-order valence-electron chi connectivity index (χ4n) is 2.67. The second-order valence-corrected chi connectivity index (χ2v) is 5.46. The molecule has 0 aliphatic rings. The second-order valence-electron chi connectivity index (χ2n) is 5.46. The molecule has 0 aliphatic heterocycles. The van der Waals surface area contributed by atoms with Gasteiger partial charge in [0.05, 0.1) is 36.2 Å². The highest BCUT2D eigenvalue weighted by atomic mass is 19.1. The van der Waals surface area contributed by atoms with E-state index in [0.29, 0.717) is 28.2 Å². The van der Waals surface area contributed by atoms with Crippen molar-refractivity contribution in [1.29, 1.82) is 0 Å². The van der Waals surface area contributed by atoms with Gasteiger partial charge in [-0.1, -0.05) is 0 Å². The summed E-state index contributed by atoms with van der Waals surface area (Å²) >= 11 is 0. The quantitative estimate of drug-likeness (QED) is 0.581. The third kappa shape index (κ3) is 2.30. The van der Waals surface area contributed by atoms with Crippen LogP contribution in [0.2, 0.25) is 0 Å². The van der Waals surface area contributed by atoms with Crippen LogP contribution in [0.1, 0.15) is 5.76 Å². The lowest BCUT2D eigenvalue weighted by Gasteiger charge is -2.13. The number of furan rings is 1. The molecule has 4 aromatic rings. The van der Waals surface area contributed by atoms with Gasteiger partial charge < -0.3 is 8.98 Å². The van der Waals surface area contributed by atoms with E-state index < -0.39 is 5.82 Å². The highest BCUT2D eigenvalue weighted by molar-refractivity contribution is 5.79. The van der Waals surface area contributed by atoms with Gasteiger partial charge in [-0.3, -0.25) is 9.36 Å². The topological polar surface area (TPSA) is 65.8 Å². The van der Waals surface area contributed by atoms with Crippen molar-refractivity contribution in [2.45, 2.75) is 6.54 Å². The first-order chi connectivity index (χ1) is 11.6. The van der Waals surface area contributed by atoms with E-state index in [1.165, 1.54) is 22.8 Å². The molecule has 120 valence electrons. The molecule has 6 nitrogen and oxygen atoms in total. The van der Waals surface area contributed by atoms with E-state index >= 15 is 0 Å². The number of fused-ring (bicyclic) bond motifs is 1. The number of halogens is 1. The Labute approximate surface area is 135 Å². The summed E-state index contributed by atoms with van der Waals surface area (Å²) in [5.41, 5.74) is 0.712. The van der Waals surface area contributed by atoms with E-state index in [2.05, 4.69) is 9.97 Å². The van der Waals surface area contributed by atoms with Gasteiger partial charge in [0.1, 0.15) is 17.3 Å². The molecule has 7 heteroatoms. The molecule has 0 aliphatic carbocycles. The second kappa shape index (κ2) is 5.45. The van der Waals surface area contributed by atoms with E-state index in [9.17, 15) is 9.18 Å². The molecule has 0 amide bonds. The minimum Gasteiger partial charge on any atom is -0.467 e. The number of benzene rings is 1. The summed E-state index contributed by atoms with van der Waals surface area (Å²) < 4.78 is 22.2. The Bertz CT molecular complexity index is 1080. The van der Waals surface area contributed by atoms with Crippen LogP contribution in [0.25, 0.3) is 22.4 Å². The maximum absolute atomic E-state index is 13.5. The third-order valence-electron chi connectivity index (χ3n) is 3.86. The minimum absolute atomic E-state index is 0.229. The number of nitrogens with zero attached hydrogens (tertiary/aromatic N) is 4. The average Bonchev–Trinajstić information content (AvgIpc) is 3.21. The number of imidazole rings is 1. The molecule has 4 rings (SSSR count). The van der Waals surface area contributed by atoms with Gasteiger partial charge in [0.2, 0.25) is 0 Å². The van der Waals surface area contributed by atoms with Gasteiger partial charge in [-0.15, -0.1) is 0 Å². The Balaban J connectivity index is 2.03. The van der Waals surface area contributed by atoms with Gasteiger partial charge >= 0.3 is 0 Å². The first-order valence-electron chi connectivity index (χ1n) is 7.32. The van der Waals surface area contributed by atoms with Crippen LogP contribution in [-0.4, -0.2) is 19.1 Å². The van der Waals surface area contributed by atoms with Gasteiger partial charge in [-0.2, -0.15) is 0 Å². The SMILES string of the molecule is Cn1cncc1-c1nc2cc(F)ccc2c(=O)n1Cc1ccco1. The van der Waals surface area contributed by atoms with Crippen LogP contribution in [0.5, 0.6) is 0 Å². The van der Waals surface area contributed by atoms with Crippen molar-refractivity contribution < 1.29 is 8.81 Å². The third-order valence-corrected chi connectivity index (χ3v) is 3.86. The molecule has 0 spiro atoms. The Morgan fingerprint density at radius 2 is 2.17 bits per heavy atom. The van der Waals surface area contributed by atoms with Gasteiger partial charge in [0, 0.05) is 13.1 Å². The molecule has 0 saturated carbocycles. The summed E-state index contributed by atoms with van der Waals surface area (Å²) in [6.45, 7) is 0.229. The van der Waals surface area contributed by atoms with E-state index in [0.717, 1.165) is 0 Å². The summed E-state index contributed by atoms with van der Waals surface area (Å²) in [5, 5.41) is 0.355. The van der Waals surface area contributed by atoms with Crippen molar-refractivity contribution >= 4 is 10.9 Å². The minimum atomic E-state index is -0.436. The average molecular weight is 324 g/mol. The molecular formula is C17H13FN4O2. The summed E-state index contributed by atoms with van der Waals surface area (Å²) in [6.07, 6.45) is 4.79. The number of aryl methyl sites for hydroxylation is 1. The normalized spacial score (nSPS) is 11.2. The number of rotatable bonds is 3. The largest absolute Gasteiger partial charge is 0.467 e. The van der Waals surface area contributed by atoms with Crippen molar-refractivity contribution in [2.24, 2.45) is 7.05 Å². The molecule has 1 aromatic carbocycles. The first kappa shape index (κ1) is 14.4. The summed E-state index contributed by atoms with van der Waals surface area (Å²) in [5.74, 6) is 0.604. The van der Waals surface area contributed by atoms with Crippen LogP contribution >= 0.6 is 0 Å². The van der Waals surface area contributed by atoms with E-state index in [-0.39, 0.29) is 12.1 Å². The Morgan fingerprint density at radius 3 is 2.88 bits per heavy atom. The number of hydrogen-bond donors (Lipinski definition) is 0. The van der Waals surface area contributed by atoms with Crippen molar-refractivity contribution in [3.63, 3.8) is 0 Å². The van der Waals surface area contributed by atoms with Crippen LogP contribution in [-0.2, 0) is 13.6 Å². The lowest BCUT2D eigenvalue weighted by Crippen LogP contribution is -2.24. The maximum Gasteiger partial charge on any atom is 0.262 e. The summed E-state index contributed by atoms with van der Waals surface area (Å²) in [4.78, 5) is 21.5. The summed E-state index contributed by atoms with van der Waals surface area (Å²) in [7, 11) is 1.81. The molecule has 3 aromatic heterocycles. The molecular weight excluding hydrogens is 311 g/mol. The molecule has 0 radical (unpaired) electrons. The molecule has 0 saturated heterocycles. The zero-order valence-electron chi connectivity index (χ0n) is 12.8. The van der Waals surface area contributed by atoms with Crippen LogP contribution in [0, 0.1) is 5.82 Å². The molecule has 3 heterocycles. The molecule has 0 N–H and O–H groups in total. The predicted molar refractivity (Wildman–Crippen MR) is 86.0 cm³/mol. The van der Waals surface area contributed by atoms with Gasteiger partial charge in [-0.05, 0) is 24.3 Å². The Morgan fingerprint density at radius 1 is 1.29 bits per heavy atom. The Hall–Kier alpha value is -3.22. The first-order valence-corrected chi connectivity index (χ1v) is 7.32. The van der Waals surface area contributed by atoms with Crippen LogP contribution in [0.3, 0.4) is 0 Å². The van der Waals surface area contributed by atoms with Crippen molar-refractivity contribution in [2.75, 3.05) is 0 Å². The molecule has 24 heavy (non-hydrogen) atoms. The monoisotopic (exact) mass is 324 g/mol. The molecule has 0 fully saturated rings. The Kier molecular flexibility index (Phi) is 3.26. The molecule has 0 unspecified atom stereocenters. The van der Waals surface area contributed by atoms with Crippen LogP contribution in [0.15, 0.2) is 58.3 Å². The fourth-order valence-corrected chi connectivity index (χ4v) is 2.67. The van der Waals surface area contributed by atoms with Crippen molar-refractivity contribution in [3.8, 4) is 11.5 Å². The number of hydrogen-bond acceptors (Lipinski definition) is 4. The van der Waals surface area contributed by atoms with Crippen molar-refractivity contribution in [1.82, 2.24) is 19.1 Å². The molecule has 0 atom stereocenters. The maximum atomic E-state index is 13.5. The van der Waals surface area contributed by atoms with Gasteiger partial charge in [-0.25, -0.2) is 14.4 Å². The zero-order chi connectivity index (χ0) is 16.7. The molecule has 0 bridgehead atoms. The highest BCUT2D eigenvalue weighted by Crippen LogP contribution is 2.20. The fraction of sp³-hybridized carbons (Fsp3) is 0.118.